The normalized spacial score (nSPS) is 12.3. The van der Waals surface area contributed by atoms with Crippen molar-refractivity contribution in [3.8, 4) is 0 Å². The SMILES string of the molecule is CSC(C)(C)Cn1c(CCCl)nc2cc(C)cnc21. The van der Waals surface area contributed by atoms with E-state index < -0.39 is 0 Å². The smallest absolute Gasteiger partial charge is 0.160 e. The average molecular weight is 298 g/mol. The van der Waals surface area contributed by atoms with Gasteiger partial charge in [0.25, 0.3) is 0 Å². The van der Waals surface area contributed by atoms with Crippen molar-refractivity contribution < 1.29 is 0 Å². The Kier molecular flexibility index (Phi) is 4.41. The maximum absolute atomic E-state index is 5.89. The first-order valence-electron chi connectivity index (χ1n) is 6.40. The van der Waals surface area contributed by atoms with E-state index >= 15 is 0 Å². The quantitative estimate of drug-likeness (QED) is 0.789. The molecule has 0 amide bonds. The lowest BCUT2D eigenvalue weighted by Crippen LogP contribution is -2.24. The van der Waals surface area contributed by atoms with E-state index in [1.54, 1.807) is 0 Å². The van der Waals surface area contributed by atoms with Crippen molar-refractivity contribution in [3.63, 3.8) is 0 Å². The minimum atomic E-state index is 0.154. The fourth-order valence-corrected chi connectivity index (χ4v) is 2.47. The summed E-state index contributed by atoms with van der Waals surface area (Å²) in [4.78, 5) is 9.24. The van der Waals surface area contributed by atoms with Crippen LogP contribution in [0.25, 0.3) is 11.2 Å². The van der Waals surface area contributed by atoms with Gasteiger partial charge < -0.3 is 4.57 Å². The number of pyridine rings is 1. The van der Waals surface area contributed by atoms with Gasteiger partial charge in [-0.15, -0.1) is 11.6 Å². The van der Waals surface area contributed by atoms with E-state index in [9.17, 15) is 0 Å². The van der Waals surface area contributed by atoms with Crippen molar-refractivity contribution in [2.45, 2.75) is 38.5 Å². The highest BCUT2D eigenvalue weighted by atomic mass is 35.5. The molecule has 2 aromatic rings. The van der Waals surface area contributed by atoms with Crippen LogP contribution in [-0.2, 0) is 13.0 Å². The van der Waals surface area contributed by atoms with Crippen LogP contribution in [0.5, 0.6) is 0 Å². The number of nitrogens with zero attached hydrogens (tertiary/aromatic N) is 3. The third kappa shape index (κ3) is 3.23. The highest BCUT2D eigenvalue weighted by Crippen LogP contribution is 2.26. The lowest BCUT2D eigenvalue weighted by atomic mass is 10.2. The van der Waals surface area contributed by atoms with Crippen LogP contribution in [0.4, 0.5) is 0 Å². The van der Waals surface area contributed by atoms with Crippen LogP contribution in [0.1, 0.15) is 25.2 Å². The largest absolute Gasteiger partial charge is 0.311 e. The molecule has 3 nitrogen and oxygen atoms in total. The number of alkyl halides is 1. The molecule has 0 spiro atoms. The van der Waals surface area contributed by atoms with Gasteiger partial charge in [0.15, 0.2) is 5.65 Å². The van der Waals surface area contributed by atoms with E-state index in [1.807, 2.05) is 24.9 Å². The van der Waals surface area contributed by atoms with Crippen LogP contribution in [0, 0.1) is 6.92 Å². The van der Waals surface area contributed by atoms with Gasteiger partial charge in [0.05, 0.1) is 0 Å². The fraction of sp³-hybridized carbons (Fsp3) is 0.571. The molecule has 2 heterocycles. The molecule has 5 heteroatoms. The topological polar surface area (TPSA) is 30.7 Å². The zero-order chi connectivity index (χ0) is 14.0. The molecule has 0 bridgehead atoms. The Labute approximate surface area is 123 Å². The number of halogens is 1. The average Bonchev–Trinajstić information content (AvgIpc) is 2.67. The second kappa shape index (κ2) is 5.71. The van der Waals surface area contributed by atoms with E-state index in [4.69, 9.17) is 11.6 Å². The first-order valence-corrected chi connectivity index (χ1v) is 8.15. The predicted octanol–water partition coefficient (Wildman–Crippen LogP) is 3.66. The molecular weight excluding hydrogens is 278 g/mol. The zero-order valence-corrected chi connectivity index (χ0v) is 13.5. The summed E-state index contributed by atoms with van der Waals surface area (Å²) in [5, 5.41) is 0. The van der Waals surface area contributed by atoms with Crippen molar-refractivity contribution in [3.05, 3.63) is 23.7 Å². The van der Waals surface area contributed by atoms with E-state index in [-0.39, 0.29) is 4.75 Å². The Morgan fingerprint density at radius 2 is 2.16 bits per heavy atom. The van der Waals surface area contributed by atoms with Gasteiger partial charge in [0.2, 0.25) is 0 Å². The van der Waals surface area contributed by atoms with E-state index in [0.29, 0.717) is 5.88 Å². The molecule has 0 saturated carbocycles. The minimum absolute atomic E-state index is 0.154. The molecule has 2 rings (SSSR count). The molecule has 0 N–H and O–H groups in total. The molecule has 2 aromatic heterocycles. The number of imidazole rings is 1. The molecule has 0 atom stereocenters. The summed E-state index contributed by atoms with van der Waals surface area (Å²) in [7, 11) is 0. The Morgan fingerprint density at radius 3 is 2.79 bits per heavy atom. The molecule has 0 aromatic carbocycles. The van der Waals surface area contributed by atoms with Gasteiger partial charge in [0.1, 0.15) is 11.3 Å². The number of hydrogen-bond acceptors (Lipinski definition) is 3. The first-order chi connectivity index (χ1) is 8.96. The number of thioether (sulfide) groups is 1. The lowest BCUT2D eigenvalue weighted by molar-refractivity contribution is 0.558. The highest BCUT2D eigenvalue weighted by molar-refractivity contribution is 7.99. The molecule has 19 heavy (non-hydrogen) atoms. The minimum Gasteiger partial charge on any atom is -0.311 e. The summed E-state index contributed by atoms with van der Waals surface area (Å²) < 4.78 is 2.37. The Hall–Kier alpha value is -0.740. The maximum Gasteiger partial charge on any atom is 0.160 e. The monoisotopic (exact) mass is 297 g/mol. The van der Waals surface area contributed by atoms with E-state index in [1.165, 1.54) is 0 Å². The van der Waals surface area contributed by atoms with E-state index in [2.05, 4.69) is 40.7 Å². The summed E-state index contributed by atoms with van der Waals surface area (Å²) in [6.07, 6.45) is 4.82. The lowest BCUT2D eigenvalue weighted by Gasteiger charge is -2.23. The second-order valence-corrected chi connectivity index (χ2v) is 7.26. The summed E-state index contributed by atoms with van der Waals surface area (Å²) in [6, 6.07) is 2.09. The summed E-state index contributed by atoms with van der Waals surface area (Å²) >= 11 is 7.75. The first kappa shape index (κ1) is 14.7. The highest BCUT2D eigenvalue weighted by Gasteiger charge is 2.21. The number of fused-ring (bicyclic) bond motifs is 1. The van der Waals surface area contributed by atoms with Gasteiger partial charge >= 0.3 is 0 Å². The van der Waals surface area contributed by atoms with Crippen molar-refractivity contribution in [2.24, 2.45) is 0 Å². The van der Waals surface area contributed by atoms with Gasteiger partial charge in [-0.25, -0.2) is 9.97 Å². The van der Waals surface area contributed by atoms with Crippen LogP contribution < -0.4 is 0 Å². The molecule has 0 aliphatic heterocycles. The van der Waals surface area contributed by atoms with Crippen LogP contribution >= 0.6 is 23.4 Å². The summed E-state index contributed by atoms with van der Waals surface area (Å²) in [5.41, 5.74) is 3.07. The molecule has 0 radical (unpaired) electrons. The molecule has 0 fully saturated rings. The zero-order valence-electron chi connectivity index (χ0n) is 11.9. The number of aromatic nitrogens is 3. The molecule has 104 valence electrons. The summed E-state index contributed by atoms with van der Waals surface area (Å²) in [6.45, 7) is 7.41. The van der Waals surface area contributed by atoms with Gasteiger partial charge in [0, 0.05) is 29.8 Å². The Balaban J connectivity index is 2.52. The molecule has 0 aliphatic rings. The number of hydrogen-bond donors (Lipinski definition) is 0. The Bertz CT molecular complexity index is 577. The van der Waals surface area contributed by atoms with Crippen molar-refractivity contribution in [1.82, 2.24) is 14.5 Å². The third-order valence-electron chi connectivity index (χ3n) is 3.21. The summed E-state index contributed by atoms with van der Waals surface area (Å²) in [5.74, 6) is 1.62. The van der Waals surface area contributed by atoms with Crippen molar-refractivity contribution in [1.29, 1.82) is 0 Å². The molecule has 0 unspecified atom stereocenters. The maximum atomic E-state index is 5.89. The van der Waals surface area contributed by atoms with Gasteiger partial charge in [-0.05, 0) is 38.7 Å². The standard InChI is InChI=1S/C14H20ClN3S/c1-10-7-11-13(16-8-10)18(9-14(2,3)19-4)12(17-11)5-6-15/h7-8H,5-6,9H2,1-4H3. The molecule has 0 aliphatic carbocycles. The molecular formula is C14H20ClN3S. The Morgan fingerprint density at radius 1 is 1.42 bits per heavy atom. The van der Waals surface area contributed by atoms with Crippen molar-refractivity contribution >= 4 is 34.5 Å². The second-order valence-electron chi connectivity index (χ2n) is 5.37. The van der Waals surface area contributed by atoms with Crippen LogP contribution in [0.3, 0.4) is 0 Å². The fourth-order valence-electron chi connectivity index (χ4n) is 2.05. The van der Waals surface area contributed by atoms with Gasteiger partial charge in [-0.1, -0.05) is 0 Å². The van der Waals surface area contributed by atoms with Gasteiger partial charge in [-0.2, -0.15) is 11.8 Å². The van der Waals surface area contributed by atoms with Crippen LogP contribution in [0.15, 0.2) is 12.3 Å². The number of rotatable bonds is 5. The number of aryl methyl sites for hydroxylation is 2. The van der Waals surface area contributed by atoms with Crippen molar-refractivity contribution in [2.75, 3.05) is 12.1 Å². The molecule has 0 saturated heterocycles. The van der Waals surface area contributed by atoms with Crippen LogP contribution in [0.2, 0.25) is 0 Å². The van der Waals surface area contributed by atoms with E-state index in [0.717, 1.165) is 35.5 Å². The van der Waals surface area contributed by atoms with Crippen LogP contribution in [-0.4, -0.2) is 31.4 Å². The third-order valence-corrected chi connectivity index (χ3v) is 4.63. The van der Waals surface area contributed by atoms with Gasteiger partial charge in [-0.3, -0.25) is 0 Å². The predicted molar refractivity (Wildman–Crippen MR) is 84.3 cm³/mol.